The maximum absolute atomic E-state index is 13.0. The number of anilines is 2. The molecule has 0 fully saturated rings. The molecule has 0 bridgehead atoms. The minimum atomic E-state index is -0.462. The van der Waals surface area contributed by atoms with Gasteiger partial charge >= 0.3 is 5.63 Å². The molecule has 0 radical (unpaired) electrons. The predicted octanol–water partition coefficient (Wildman–Crippen LogP) is 7.22. The third-order valence-electron chi connectivity index (χ3n) is 5.22. The summed E-state index contributed by atoms with van der Waals surface area (Å²) in [5.41, 5.74) is 4.91. The topological polar surface area (TPSA) is 55.4 Å². The molecule has 2 aromatic heterocycles. The molecule has 5 rings (SSSR count). The van der Waals surface area contributed by atoms with Crippen molar-refractivity contribution in [1.29, 1.82) is 0 Å². The lowest BCUT2D eigenvalue weighted by Crippen LogP contribution is -2.00. The van der Waals surface area contributed by atoms with Gasteiger partial charge in [0, 0.05) is 16.3 Å². The first kappa shape index (κ1) is 18.5. The van der Waals surface area contributed by atoms with Crippen LogP contribution in [0.3, 0.4) is 0 Å². The Balaban J connectivity index is 1.86. The van der Waals surface area contributed by atoms with Crippen molar-refractivity contribution in [3.05, 3.63) is 93.3 Å². The van der Waals surface area contributed by atoms with Crippen LogP contribution in [-0.4, -0.2) is 0 Å². The average molecular weight is 416 g/mol. The SMILES string of the molecule is Cc1ccc(Nc2oc3c(c2-c2ccccc2Cl)c(=O)oc2ccccc23)c(C)c1. The van der Waals surface area contributed by atoms with Crippen LogP contribution in [0.15, 0.2) is 80.4 Å². The molecule has 4 nitrogen and oxygen atoms in total. The zero-order valence-corrected chi connectivity index (χ0v) is 17.2. The van der Waals surface area contributed by atoms with E-state index in [9.17, 15) is 4.79 Å². The van der Waals surface area contributed by atoms with Gasteiger partial charge in [0.05, 0.1) is 10.9 Å². The summed E-state index contributed by atoms with van der Waals surface area (Å²) in [5, 5.41) is 4.99. The summed E-state index contributed by atoms with van der Waals surface area (Å²) in [6.45, 7) is 4.07. The second-order valence-corrected chi connectivity index (χ2v) is 7.73. The number of aryl methyl sites for hydroxylation is 2. The van der Waals surface area contributed by atoms with Gasteiger partial charge in [0.1, 0.15) is 11.0 Å². The molecule has 0 saturated heterocycles. The Morgan fingerprint density at radius 2 is 1.67 bits per heavy atom. The number of furan rings is 1. The van der Waals surface area contributed by atoms with Gasteiger partial charge in [-0.1, -0.05) is 59.6 Å². The average Bonchev–Trinajstić information content (AvgIpc) is 3.10. The van der Waals surface area contributed by atoms with Crippen molar-refractivity contribution >= 4 is 45.1 Å². The molecule has 0 spiro atoms. The molecule has 0 atom stereocenters. The largest absolute Gasteiger partial charge is 0.439 e. The van der Waals surface area contributed by atoms with Gasteiger partial charge in [-0.25, -0.2) is 4.79 Å². The Hall–Kier alpha value is -3.50. The second-order valence-electron chi connectivity index (χ2n) is 7.32. The van der Waals surface area contributed by atoms with E-state index in [2.05, 4.69) is 11.4 Å². The van der Waals surface area contributed by atoms with Gasteiger partial charge in [-0.05, 0) is 43.7 Å². The van der Waals surface area contributed by atoms with E-state index in [4.69, 9.17) is 20.4 Å². The predicted molar refractivity (Wildman–Crippen MR) is 122 cm³/mol. The Morgan fingerprint density at radius 3 is 2.47 bits per heavy atom. The first-order chi connectivity index (χ1) is 14.5. The van der Waals surface area contributed by atoms with Gasteiger partial charge in [-0.3, -0.25) is 0 Å². The van der Waals surface area contributed by atoms with E-state index in [1.165, 1.54) is 5.56 Å². The number of nitrogens with one attached hydrogen (secondary N) is 1. The zero-order valence-electron chi connectivity index (χ0n) is 16.5. The number of hydrogen-bond donors (Lipinski definition) is 1. The van der Waals surface area contributed by atoms with E-state index in [1.807, 2.05) is 62.4 Å². The minimum Gasteiger partial charge on any atom is -0.439 e. The number of benzene rings is 3. The number of hydrogen-bond acceptors (Lipinski definition) is 4. The lowest BCUT2D eigenvalue weighted by Gasteiger charge is -2.10. The summed E-state index contributed by atoms with van der Waals surface area (Å²) >= 11 is 6.51. The third kappa shape index (κ3) is 2.97. The van der Waals surface area contributed by atoms with Crippen LogP contribution in [0, 0.1) is 13.8 Å². The highest BCUT2D eigenvalue weighted by Gasteiger charge is 2.24. The molecule has 5 heteroatoms. The van der Waals surface area contributed by atoms with E-state index in [0.29, 0.717) is 38.6 Å². The van der Waals surface area contributed by atoms with Crippen LogP contribution in [0.2, 0.25) is 5.02 Å². The van der Waals surface area contributed by atoms with E-state index >= 15 is 0 Å². The number of fused-ring (bicyclic) bond motifs is 3. The highest BCUT2D eigenvalue weighted by molar-refractivity contribution is 6.34. The zero-order chi connectivity index (χ0) is 20.8. The van der Waals surface area contributed by atoms with E-state index in [0.717, 1.165) is 16.6 Å². The van der Waals surface area contributed by atoms with E-state index in [-0.39, 0.29) is 0 Å². The fourth-order valence-corrected chi connectivity index (χ4v) is 4.03. The number of rotatable bonds is 3. The van der Waals surface area contributed by atoms with Gasteiger partial charge in [-0.2, -0.15) is 0 Å². The lowest BCUT2D eigenvalue weighted by atomic mass is 10.0. The Bertz CT molecular complexity index is 1480. The summed E-state index contributed by atoms with van der Waals surface area (Å²) < 4.78 is 11.9. The highest BCUT2D eigenvalue weighted by Crippen LogP contribution is 2.43. The van der Waals surface area contributed by atoms with Gasteiger partial charge in [-0.15, -0.1) is 0 Å². The smallest absolute Gasteiger partial charge is 0.348 e. The summed E-state index contributed by atoms with van der Waals surface area (Å²) in [6, 6.07) is 20.8. The van der Waals surface area contributed by atoms with Crippen LogP contribution >= 0.6 is 11.6 Å². The first-order valence-electron chi connectivity index (χ1n) is 9.60. The quantitative estimate of drug-likeness (QED) is 0.316. The summed E-state index contributed by atoms with van der Waals surface area (Å²) in [5.74, 6) is 0.453. The maximum Gasteiger partial charge on any atom is 0.348 e. The van der Waals surface area contributed by atoms with E-state index in [1.54, 1.807) is 12.1 Å². The van der Waals surface area contributed by atoms with Gasteiger partial charge in [0.15, 0.2) is 5.58 Å². The highest BCUT2D eigenvalue weighted by atomic mass is 35.5. The van der Waals surface area contributed by atoms with Crippen molar-refractivity contribution in [2.75, 3.05) is 5.32 Å². The molecule has 1 N–H and O–H groups in total. The molecule has 148 valence electrons. The molecule has 0 amide bonds. The fraction of sp³-hybridized carbons (Fsp3) is 0.0800. The number of halogens is 1. The first-order valence-corrected chi connectivity index (χ1v) is 9.98. The normalized spacial score (nSPS) is 11.3. The molecule has 0 aliphatic carbocycles. The van der Waals surface area contributed by atoms with Gasteiger partial charge in [0.2, 0.25) is 5.88 Å². The van der Waals surface area contributed by atoms with Gasteiger partial charge in [0.25, 0.3) is 0 Å². The van der Waals surface area contributed by atoms with Crippen LogP contribution in [-0.2, 0) is 0 Å². The third-order valence-corrected chi connectivity index (χ3v) is 5.55. The molecule has 5 aromatic rings. The van der Waals surface area contributed by atoms with Crippen LogP contribution < -0.4 is 10.9 Å². The van der Waals surface area contributed by atoms with Crippen molar-refractivity contribution in [3.8, 4) is 11.1 Å². The lowest BCUT2D eigenvalue weighted by molar-refractivity contribution is 0.566. The second kappa shape index (κ2) is 7.08. The monoisotopic (exact) mass is 415 g/mol. The molecule has 0 saturated carbocycles. The number of para-hydroxylation sites is 1. The molecular formula is C25H18ClNO3. The molecule has 0 unspecified atom stereocenters. The summed E-state index contributed by atoms with van der Waals surface area (Å²) in [6.07, 6.45) is 0. The molecule has 2 heterocycles. The molecule has 3 aromatic carbocycles. The Kier molecular flexibility index (Phi) is 4.37. The Morgan fingerprint density at radius 1 is 0.900 bits per heavy atom. The van der Waals surface area contributed by atoms with Crippen molar-refractivity contribution in [2.24, 2.45) is 0 Å². The van der Waals surface area contributed by atoms with Crippen LogP contribution in [0.4, 0.5) is 11.6 Å². The van der Waals surface area contributed by atoms with Gasteiger partial charge < -0.3 is 14.2 Å². The van der Waals surface area contributed by atoms with E-state index < -0.39 is 5.63 Å². The van der Waals surface area contributed by atoms with Crippen molar-refractivity contribution in [3.63, 3.8) is 0 Å². The summed E-state index contributed by atoms with van der Waals surface area (Å²) in [4.78, 5) is 13.0. The fourth-order valence-electron chi connectivity index (χ4n) is 3.79. The molecular weight excluding hydrogens is 398 g/mol. The van der Waals surface area contributed by atoms with Crippen molar-refractivity contribution in [2.45, 2.75) is 13.8 Å². The van der Waals surface area contributed by atoms with Crippen molar-refractivity contribution < 1.29 is 8.83 Å². The minimum absolute atomic E-state index is 0.370. The summed E-state index contributed by atoms with van der Waals surface area (Å²) in [7, 11) is 0. The van der Waals surface area contributed by atoms with Crippen LogP contribution in [0.1, 0.15) is 11.1 Å². The molecule has 0 aliphatic heterocycles. The molecule has 0 aliphatic rings. The Labute approximate surface area is 177 Å². The van der Waals surface area contributed by atoms with Crippen molar-refractivity contribution in [1.82, 2.24) is 0 Å². The van der Waals surface area contributed by atoms with Crippen LogP contribution in [0.25, 0.3) is 33.1 Å². The standard InChI is InChI=1S/C25H18ClNO3/c1-14-11-12-19(15(2)13-14)27-24-21(16-7-3-5-9-18(16)26)22-23(30-24)17-8-4-6-10-20(17)29-25(22)28/h3-13,27H,1-2H3. The van der Waals surface area contributed by atoms with Crippen LogP contribution in [0.5, 0.6) is 0 Å². The maximum atomic E-state index is 13.0. The molecule has 30 heavy (non-hydrogen) atoms.